The summed E-state index contributed by atoms with van der Waals surface area (Å²) in [7, 11) is 0. The minimum Gasteiger partial charge on any atom is -0.382 e. The molecule has 0 bridgehead atoms. The van der Waals surface area contributed by atoms with Gasteiger partial charge in [-0.15, -0.1) is 0 Å². The summed E-state index contributed by atoms with van der Waals surface area (Å²) in [4.78, 5) is 25.1. The molecular formula is C22H20FN7O2. The van der Waals surface area contributed by atoms with E-state index in [1.54, 1.807) is 38.2 Å². The second kappa shape index (κ2) is 8.80. The molecule has 0 aliphatic rings. The topological polar surface area (TPSA) is 132 Å². The second-order valence-corrected chi connectivity index (χ2v) is 7.04. The number of carbonyl (C=O) groups excluding carboxylic acids is 1. The van der Waals surface area contributed by atoms with Crippen molar-refractivity contribution in [3.05, 3.63) is 77.5 Å². The SMILES string of the molecule is Cc1noc(C)c1-c1cnc(C(=O)Nc2ccc(F)c(CNc3cccnc3N)c2)cn1. The van der Waals surface area contributed by atoms with Crippen LogP contribution in [-0.4, -0.2) is 26.0 Å². The summed E-state index contributed by atoms with van der Waals surface area (Å²) in [6, 6.07) is 7.77. The molecule has 0 aliphatic carbocycles. The van der Waals surface area contributed by atoms with Gasteiger partial charge in [-0.1, -0.05) is 5.16 Å². The predicted octanol–water partition coefficient (Wildman–Crippen LogP) is 3.73. The van der Waals surface area contributed by atoms with E-state index in [4.69, 9.17) is 10.3 Å². The quantitative estimate of drug-likeness (QED) is 0.419. The zero-order chi connectivity index (χ0) is 22.7. The number of anilines is 3. The molecule has 1 amide bonds. The van der Waals surface area contributed by atoms with Crippen molar-refractivity contribution in [1.82, 2.24) is 20.1 Å². The number of amides is 1. The fraction of sp³-hybridized carbons (Fsp3) is 0.136. The summed E-state index contributed by atoms with van der Waals surface area (Å²) in [5.74, 6) is 0.0527. The Morgan fingerprint density at radius 3 is 2.69 bits per heavy atom. The van der Waals surface area contributed by atoms with Crippen molar-refractivity contribution in [2.24, 2.45) is 0 Å². The largest absolute Gasteiger partial charge is 0.382 e. The molecule has 4 rings (SSSR count). The molecule has 0 aliphatic heterocycles. The molecule has 0 spiro atoms. The molecule has 32 heavy (non-hydrogen) atoms. The summed E-state index contributed by atoms with van der Waals surface area (Å²) in [5.41, 5.74) is 9.27. The first-order valence-electron chi connectivity index (χ1n) is 9.72. The molecular weight excluding hydrogens is 413 g/mol. The van der Waals surface area contributed by atoms with Gasteiger partial charge in [0, 0.05) is 24.0 Å². The van der Waals surface area contributed by atoms with E-state index in [9.17, 15) is 9.18 Å². The number of benzene rings is 1. The predicted molar refractivity (Wildman–Crippen MR) is 117 cm³/mol. The standard InChI is InChI=1S/C22H20FN7O2/c1-12-20(13(2)32-30-12)18-10-28-19(11-27-18)22(31)29-15-5-6-16(23)14(8-15)9-26-17-4-3-7-25-21(17)24/h3-8,10-11,26H,9H2,1-2H3,(H2,24,25)(H,29,31). The zero-order valence-electron chi connectivity index (χ0n) is 17.4. The van der Waals surface area contributed by atoms with Gasteiger partial charge in [0.1, 0.15) is 23.1 Å². The van der Waals surface area contributed by atoms with E-state index in [1.807, 2.05) is 0 Å². The Hall–Kier alpha value is -4.34. The maximum Gasteiger partial charge on any atom is 0.275 e. The van der Waals surface area contributed by atoms with Gasteiger partial charge in [-0.05, 0) is 44.2 Å². The van der Waals surface area contributed by atoms with Crippen molar-refractivity contribution in [2.45, 2.75) is 20.4 Å². The molecule has 0 saturated heterocycles. The number of rotatable bonds is 6. The molecule has 4 N–H and O–H groups in total. The highest BCUT2D eigenvalue weighted by Crippen LogP contribution is 2.24. The average Bonchev–Trinajstić information content (AvgIpc) is 3.13. The maximum absolute atomic E-state index is 14.2. The lowest BCUT2D eigenvalue weighted by Gasteiger charge is -2.11. The smallest absolute Gasteiger partial charge is 0.275 e. The van der Waals surface area contributed by atoms with Gasteiger partial charge in [0.2, 0.25) is 0 Å². The van der Waals surface area contributed by atoms with Crippen LogP contribution in [-0.2, 0) is 6.54 Å². The van der Waals surface area contributed by atoms with Crippen molar-refractivity contribution in [3.8, 4) is 11.3 Å². The van der Waals surface area contributed by atoms with Crippen LogP contribution in [0, 0.1) is 19.7 Å². The number of nitrogens with one attached hydrogen (secondary N) is 2. The van der Waals surface area contributed by atoms with Crippen LogP contribution in [0.1, 0.15) is 27.5 Å². The second-order valence-electron chi connectivity index (χ2n) is 7.04. The van der Waals surface area contributed by atoms with Crippen LogP contribution in [0.5, 0.6) is 0 Å². The van der Waals surface area contributed by atoms with E-state index in [0.717, 1.165) is 5.56 Å². The molecule has 0 radical (unpaired) electrons. The van der Waals surface area contributed by atoms with Crippen LogP contribution in [0.15, 0.2) is 53.4 Å². The number of pyridine rings is 1. The van der Waals surface area contributed by atoms with Crippen molar-refractivity contribution in [3.63, 3.8) is 0 Å². The summed E-state index contributed by atoms with van der Waals surface area (Å²) >= 11 is 0. The molecule has 0 unspecified atom stereocenters. The van der Waals surface area contributed by atoms with Crippen LogP contribution < -0.4 is 16.4 Å². The Kier molecular flexibility index (Phi) is 5.75. The van der Waals surface area contributed by atoms with E-state index in [2.05, 4.69) is 30.7 Å². The normalized spacial score (nSPS) is 10.7. The van der Waals surface area contributed by atoms with E-state index >= 15 is 0 Å². The van der Waals surface area contributed by atoms with Crippen LogP contribution in [0.2, 0.25) is 0 Å². The van der Waals surface area contributed by atoms with E-state index in [1.165, 1.54) is 24.5 Å². The fourth-order valence-electron chi connectivity index (χ4n) is 3.16. The molecule has 162 valence electrons. The van der Waals surface area contributed by atoms with Crippen molar-refractivity contribution in [1.29, 1.82) is 0 Å². The van der Waals surface area contributed by atoms with Gasteiger partial charge in [0.25, 0.3) is 5.91 Å². The summed E-state index contributed by atoms with van der Waals surface area (Å²) in [5, 5.41) is 9.64. The lowest BCUT2D eigenvalue weighted by atomic mass is 10.1. The molecule has 3 aromatic heterocycles. The van der Waals surface area contributed by atoms with E-state index in [0.29, 0.717) is 39.9 Å². The van der Waals surface area contributed by atoms with Crippen LogP contribution in [0.25, 0.3) is 11.3 Å². The summed E-state index contributed by atoms with van der Waals surface area (Å²) in [6.07, 6.45) is 4.43. The number of aryl methyl sites for hydroxylation is 2. The first-order chi connectivity index (χ1) is 15.4. The first kappa shape index (κ1) is 20.9. The summed E-state index contributed by atoms with van der Waals surface area (Å²) in [6.45, 7) is 3.75. The summed E-state index contributed by atoms with van der Waals surface area (Å²) < 4.78 is 19.4. The molecule has 0 atom stereocenters. The highest BCUT2D eigenvalue weighted by atomic mass is 19.1. The Labute approximate surface area is 182 Å². The van der Waals surface area contributed by atoms with Gasteiger partial charge in [0.15, 0.2) is 0 Å². The fourth-order valence-corrected chi connectivity index (χ4v) is 3.16. The van der Waals surface area contributed by atoms with E-state index in [-0.39, 0.29) is 12.2 Å². The van der Waals surface area contributed by atoms with Crippen molar-refractivity contribution >= 4 is 23.1 Å². The van der Waals surface area contributed by atoms with Gasteiger partial charge in [0.05, 0.1) is 35.0 Å². The Morgan fingerprint density at radius 1 is 1.16 bits per heavy atom. The van der Waals surface area contributed by atoms with E-state index < -0.39 is 11.7 Å². The van der Waals surface area contributed by atoms with Crippen LogP contribution in [0.3, 0.4) is 0 Å². The highest BCUT2D eigenvalue weighted by molar-refractivity contribution is 6.02. The van der Waals surface area contributed by atoms with Gasteiger partial charge in [-0.3, -0.25) is 9.78 Å². The number of hydrogen-bond acceptors (Lipinski definition) is 8. The molecule has 4 aromatic rings. The third-order valence-corrected chi connectivity index (χ3v) is 4.79. The Balaban J connectivity index is 1.46. The van der Waals surface area contributed by atoms with Gasteiger partial charge in [-0.2, -0.15) is 0 Å². The molecule has 10 heteroatoms. The van der Waals surface area contributed by atoms with Crippen molar-refractivity contribution in [2.75, 3.05) is 16.4 Å². The molecule has 3 heterocycles. The van der Waals surface area contributed by atoms with Gasteiger partial charge in [-0.25, -0.2) is 14.4 Å². The number of nitrogen functional groups attached to an aromatic ring is 1. The Bertz CT molecular complexity index is 1250. The monoisotopic (exact) mass is 433 g/mol. The average molecular weight is 433 g/mol. The zero-order valence-corrected chi connectivity index (χ0v) is 17.4. The van der Waals surface area contributed by atoms with Gasteiger partial charge >= 0.3 is 0 Å². The molecule has 0 saturated carbocycles. The number of carbonyl (C=O) groups is 1. The molecule has 0 fully saturated rings. The van der Waals surface area contributed by atoms with Gasteiger partial charge < -0.3 is 20.9 Å². The van der Waals surface area contributed by atoms with Crippen LogP contribution in [0.4, 0.5) is 21.6 Å². The molecule has 1 aromatic carbocycles. The number of nitrogens with two attached hydrogens (primary N) is 1. The third kappa shape index (κ3) is 4.38. The Morgan fingerprint density at radius 2 is 2.00 bits per heavy atom. The lowest BCUT2D eigenvalue weighted by molar-refractivity contribution is 0.102. The highest BCUT2D eigenvalue weighted by Gasteiger charge is 2.15. The molecule has 9 nitrogen and oxygen atoms in total. The van der Waals surface area contributed by atoms with Crippen LogP contribution >= 0.6 is 0 Å². The maximum atomic E-state index is 14.2. The minimum atomic E-state index is -0.468. The number of halogens is 1. The number of hydrogen-bond donors (Lipinski definition) is 3. The first-order valence-corrected chi connectivity index (χ1v) is 9.72. The number of nitrogens with zero attached hydrogens (tertiary/aromatic N) is 4. The number of aromatic nitrogens is 4. The minimum absolute atomic E-state index is 0.118. The van der Waals surface area contributed by atoms with Crippen molar-refractivity contribution < 1.29 is 13.7 Å². The lowest BCUT2D eigenvalue weighted by Crippen LogP contribution is -2.15. The third-order valence-electron chi connectivity index (χ3n) is 4.79.